The Kier molecular flexibility index (Phi) is 3.81. The highest BCUT2D eigenvalue weighted by Gasteiger charge is 2.25. The summed E-state index contributed by atoms with van der Waals surface area (Å²) in [6.07, 6.45) is 0.925. The van der Waals surface area contributed by atoms with Crippen molar-refractivity contribution in [3.8, 4) is 0 Å². The van der Waals surface area contributed by atoms with E-state index < -0.39 is 10.0 Å². The molecule has 1 aliphatic rings. The maximum Gasteiger partial charge on any atom is 0.243 e. The van der Waals surface area contributed by atoms with Crippen molar-refractivity contribution in [2.45, 2.75) is 18.2 Å². The van der Waals surface area contributed by atoms with Crippen LogP contribution in [-0.4, -0.2) is 38.9 Å². The third-order valence-corrected chi connectivity index (χ3v) is 4.96. The van der Waals surface area contributed by atoms with Crippen LogP contribution in [0.25, 0.3) is 0 Å². The summed E-state index contributed by atoms with van der Waals surface area (Å²) in [5.74, 6) is 0. The summed E-state index contributed by atoms with van der Waals surface area (Å²) in [4.78, 5) is 0.400. The maximum atomic E-state index is 12.3. The zero-order valence-electron chi connectivity index (χ0n) is 10.0. The number of aryl methyl sites for hydroxylation is 1. The molecule has 1 N–H and O–H groups in total. The Morgan fingerprint density at radius 2 is 1.76 bits per heavy atom. The number of hydrogen-bond donors (Lipinski definition) is 1. The molecule has 0 aromatic heterocycles. The van der Waals surface area contributed by atoms with Crippen molar-refractivity contribution in [1.29, 1.82) is 0 Å². The van der Waals surface area contributed by atoms with Crippen LogP contribution in [0.2, 0.25) is 0 Å². The van der Waals surface area contributed by atoms with Gasteiger partial charge in [0.2, 0.25) is 10.0 Å². The molecule has 1 heterocycles. The summed E-state index contributed by atoms with van der Waals surface area (Å²) in [6, 6.07) is 7.18. The van der Waals surface area contributed by atoms with Crippen molar-refractivity contribution in [2.75, 3.05) is 26.2 Å². The molecule has 1 aromatic carbocycles. The number of sulfonamides is 1. The molecule has 1 fully saturated rings. The lowest BCUT2D eigenvalue weighted by Gasteiger charge is -2.26. The number of piperazine rings is 1. The van der Waals surface area contributed by atoms with Gasteiger partial charge in [-0.1, -0.05) is 19.1 Å². The molecule has 1 saturated heterocycles. The third kappa shape index (κ3) is 2.68. The van der Waals surface area contributed by atoms with Crippen LogP contribution >= 0.6 is 0 Å². The van der Waals surface area contributed by atoms with Crippen LogP contribution in [0.15, 0.2) is 29.2 Å². The Hall–Kier alpha value is -0.910. The molecule has 0 spiro atoms. The van der Waals surface area contributed by atoms with E-state index in [1.807, 2.05) is 12.1 Å². The fourth-order valence-electron chi connectivity index (χ4n) is 1.93. The van der Waals surface area contributed by atoms with Crippen LogP contribution in [0.5, 0.6) is 0 Å². The van der Waals surface area contributed by atoms with Gasteiger partial charge in [0.25, 0.3) is 0 Å². The first kappa shape index (κ1) is 12.5. The Balaban J connectivity index is 2.23. The van der Waals surface area contributed by atoms with Gasteiger partial charge in [-0.25, -0.2) is 8.42 Å². The first-order chi connectivity index (χ1) is 8.14. The van der Waals surface area contributed by atoms with Crippen molar-refractivity contribution in [2.24, 2.45) is 0 Å². The highest BCUT2D eigenvalue weighted by molar-refractivity contribution is 7.89. The van der Waals surface area contributed by atoms with Crippen LogP contribution in [0.4, 0.5) is 0 Å². The van der Waals surface area contributed by atoms with Crippen LogP contribution in [-0.2, 0) is 16.4 Å². The molecule has 0 unspecified atom stereocenters. The molecule has 5 heteroatoms. The molecule has 1 aliphatic heterocycles. The van der Waals surface area contributed by atoms with Gasteiger partial charge in [0.05, 0.1) is 4.90 Å². The summed E-state index contributed by atoms with van der Waals surface area (Å²) in [6.45, 7) is 4.62. The van der Waals surface area contributed by atoms with Crippen molar-refractivity contribution < 1.29 is 8.42 Å². The molecule has 1 aromatic rings. The SMILES string of the molecule is CCc1ccc(S(=O)(=O)N2CCNCC2)cc1. The third-order valence-electron chi connectivity index (χ3n) is 3.05. The molecule has 0 radical (unpaired) electrons. The van der Waals surface area contributed by atoms with Crippen molar-refractivity contribution in [3.05, 3.63) is 29.8 Å². The summed E-state index contributed by atoms with van der Waals surface area (Å²) < 4.78 is 26.1. The van der Waals surface area contributed by atoms with Crippen LogP contribution in [0.3, 0.4) is 0 Å². The number of benzene rings is 1. The van der Waals surface area contributed by atoms with Gasteiger partial charge in [-0.3, -0.25) is 0 Å². The van der Waals surface area contributed by atoms with E-state index in [-0.39, 0.29) is 0 Å². The first-order valence-corrected chi connectivity index (χ1v) is 7.38. The van der Waals surface area contributed by atoms with E-state index in [0.29, 0.717) is 18.0 Å². The Bertz CT molecular complexity index is 462. The zero-order valence-corrected chi connectivity index (χ0v) is 10.8. The Morgan fingerprint density at radius 1 is 1.18 bits per heavy atom. The van der Waals surface area contributed by atoms with Gasteiger partial charge in [-0.05, 0) is 24.1 Å². The summed E-state index contributed by atoms with van der Waals surface area (Å²) >= 11 is 0. The Labute approximate surface area is 103 Å². The lowest BCUT2D eigenvalue weighted by atomic mass is 10.2. The zero-order chi connectivity index (χ0) is 12.3. The molecular formula is C12H18N2O2S. The Morgan fingerprint density at radius 3 is 2.29 bits per heavy atom. The average Bonchev–Trinajstić information content (AvgIpc) is 2.40. The smallest absolute Gasteiger partial charge is 0.243 e. The molecule has 0 bridgehead atoms. The fraction of sp³-hybridized carbons (Fsp3) is 0.500. The quantitative estimate of drug-likeness (QED) is 0.869. The lowest BCUT2D eigenvalue weighted by molar-refractivity contribution is 0.360. The van der Waals surface area contributed by atoms with Gasteiger partial charge in [0.15, 0.2) is 0 Å². The number of hydrogen-bond acceptors (Lipinski definition) is 3. The molecule has 0 amide bonds. The van der Waals surface area contributed by atoms with Gasteiger partial charge < -0.3 is 5.32 Å². The van der Waals surface area contributed by atoms with E-state index in [2.05, 4.69) is 12.2 Å². The molecule has 4 nitrogen and oxygen atoms in total. The molecular weight excluding hydrogens is 236 g/mol. The lowest BCUT2D eigenvalue weighted by Crippen LogP contribution is -2.46. The van der Waals surface area contributed by atoms with Crippen LogP contribution < -0.4 is 5.32 Å². The van der Waals surface area contributed by atoms with Gasteiger partial charge in [-0.2, -0.15) is 4.31 Å². The minimum absolute atomic E-state index is 0.400. The number of rotatable bonds is 3. The minimum atomic E-state index is -3.29. The number of nitrogens with one attached hydrogen (secondary N) is 1. The highest BCUT2D eigenvalue weighted by Crippen LogP contribution is 2.16. The van der Waals surface area contributed by atoms with Crippen molar-refractivity contribution >= 4 is 10.0 Å². The monoisotopic (exact) mass is 254 g/mol. The van der Waals surface area contributed by atoms with E-state index in [4.69, 9.17) is 0 Å². The molecule has 2 rings (SSSR count). The van der Waals surface area contributed by atoms with E-state index >= 15 is 0 Å². The van der Waals surface area contributed by atoms with Gasteiger partial charge in [0, 0.05) is 26.2 Å². The normalized spacial score (nSPS) is 18.2. The minimum Gasteiger partial charge on any atom is -0.314 e. The fourth-order valence-corrected chi connectivity index (χ4v) is 3.37. The second kappa shape index (κ2) is 5.16. The van der Waals surface area contributed by atoms with E-state index in [1.54, 1.807) is 16.4 Å². The number of nitrogens with zero attached hydrogens (tertiary/aromatic N) is 1. The maximum absolute atomic E-state index is 12.3. The molecule has 0 atom stereocenters. The average molecular weight is 254 g/mol. The highest BCUT2D eigenvalue weighted by atomic mass is 32.2. The first-order valence-electron chi connectivity index (χ1n) is 5.94. The van der Waals surface area contributed by atoms with Crippen LogP contribution in [0.1, 0.15) is 12.5 Å². The summed E-state index contributed by atoms with van der Waals surface area (Å²) in [5.41, 5.74) is 1.16. The predicted octanol–water partition coefficient (Wildman–Crippen LogP) is 0.843. The standard InChI is InChI=1S/C12H18N2O2S/c1-2-11-3-5-12(6-4-11)17(15,16)14-9-7-13-8-10-14/h3-6,13H,2,7-10H2,1H3. The molecule has 0 saturated carbocycles. The molecule has 94 valence electrons. The van der Waals surface area contributed by atoms with Gasteiger partial charge in [0.1, 0.15) is 0 Å². The van der Waals surface area contributed by atoms with E-state index in [9.17, 15) is 8.42 Å². The van der Waals surface area contributed by atoms with E-state index in [1.165, 1.54) is 0 Å². The second-order valence-corrected chi connectivity index (χ2v) is 6.09. The van der Waals surface area contributed by atoms with E-state index in [0.717, 1.165) is 25.1 Å². The topological polar surface area (TPSA) is 49.4 Å². The van der Waals surface area contributed by atoms with Crippen LogP contribution in [0, 0.1) is 0 Å². The van der Waals surface area contributed by atoms with Gasteiger partial charge in [-0.15, -0.1) is 0 Å². The predicted molar refractivity (Wildman–Crippen MR) is 67.4 cm³/mol. The van der Waals surface area contributed by atoms with Crippen molar-refractivity contribution in [3.63, 3.8) is 0 Å². The second-order valence-electron chi connectivity index (χ2n) is 4.15. The summed E-state index contributed by atoms with van der Waals surface area (Å²) in [7, 11) is -3.29. The largest absolute Gasteiger partial charge is 0.314 e. The molecule has 17 heavy (non-hydrogen) atoms. The summed E-state index contributed by atoms with van der Waals surface area (Å²) in [5, 5.41) is 3.15. The van der Waals surface area contributed by atoms with Crippen molar-refractivity contribution in [1.82, 2.24) is 9.62 Å². The molecule has 0 aliphatic carbocycles. The van der Waals surface area contributed by atoms with Gasteiger partial charge >= 0.3 is 0 Å².